The quantitative estimate of drug-likeness (QED) is 0.295. The Morgan fingerprint density at radius 3 is 2.65 bits per heavy atom. The molecule has 2 heterocycles. The van der Waals surface area contributed by atoms with Crippen LogP contribution in [0.1, 0.15) is 18.1 Å². The summed E-state index contributed by atoms with van der Waals surface area (Å²) in [6.07, 6.45) is 1.77. The first-order valence-corrected chi connectivity index (χ1v) is 10.7. The summed E-state index contributed by atoms with van der Waals surface area (Å²) in [6, 6.07) is 11.8. The highest BCUT2D eigenvalue weighted by Gasteiger charge is 2.16. The summed E-state index contributed by atoms with van der Waals surface area (Å²) >= 11 is 1.46. The molecule has 0 bridgehead atoms. The predicted molar refractivity (Wildman–Crippen MR) is 130 cm³/mol. The Balaban J connectivity index is 1.84. The number of nitrogens with one attached hydrogen (secondary N) is 3. The third-order valence-corrected chi connectivity index (χ3v) is 5.32. The van der Waals surface area contributed by atoms with Crippen molar-refractivity contribution in [1.29, 1.82) is 5.41 Å². The maximum atomic E-state index is 8.07. The zero-order valence-corrected chi connectivity index (χ0v) is 19.0. The molecule has 0 radical (unpaired) electrons. The fourth-order valence-electron chi connectivity index (χ4n) is 2.93. The van der Waals surface area contributed by atoms with E-state index in [1.54, 1.807) is 13.1 Å². The number of aryl methyl sites for hydroxylation is 1. The molecule has 0 unspecified atom stereocenters. The molecular weight excluding hydrogens is 408 g/mol. The first-order valence-electron chi connectivity index (χ1n) is 9.91. The second-order valence-electron chi connectivity index (χ2n) is 7.41. The lowest BCUT2D eigenvalue weighted by molar-refractivity contribution is 0.425. The number of benzene rings is 1. The molecule has 0 saturated carbocycles. The van der Waals surface area contributed by atoms with Gasteiger partial charge in [0, 0.05) is 48.2 Å². The molecular formula is C22H28N8S. The number of nitrogen functional groups attached to an aromatic ring is 1. The number of likely N-dealkylation sites (N-methyl/N-ethyl adjacent to an activating group) is 1. The molecule has 0 amide bonds. The number of nitrogens with two attached hydrogens (primary N) is 1. The summed E-state index contributed by atoms with van der Waals surface area (Å²) in [7, 11) is 4.02. The number of hydrogen-bond donors (Lipinski definition) is 4. The van der Waals surface area contributed by atoms with Crippen molar-refractivity contribution >= 4 is 35.0 Å². The molecule has 3 aromatic rings. The summed E-state index contributed by atoms with van der Waals surface area (Å²) < 4.78 is 3.34. The monoisotopic (exact) mass is 436 g/mol. The van der Waals surface area contributed by atoms with Gasteiger partial charge in [0.25, 0.3) is 0 Å². The van der Waals surface area contributed by atoms with Crippen molar-refractivity contribution in [3.05, 3.63) is 53.7 Å². The maximum Gasteiger partial charge on any atom is 0.163 e. The van der Waals surface area contributed by atoms with E-state index in [4.69, 9.17) is 11.1 Å². The lowest BCUT2D eigenvalue weighted by Crippen LogP contribution is -2.22. The zero-order valence-electron chi connectivity index (χ0n) is 18.2. The first kappa shape index (κ1) is 22.5. The smallest absolute Gasteiger partial charge is 0.163 e. The van der Waals surface area contributed by atoms with Gasteiger partial charge in [-0.15, -0.1) is 0 Å². The molecule has 3 rings (SSSR count). The van der Waals surface area contributed by atoms with E-state index in [2.05, 4.69) is 29.9 Å². The van der Waals surface area contributed by atoms with E-state index in [0.29, 0.717) is 35.3 Å². The highest BCUT2D eigenvalue weighted by Crippen LogP contribution is 2.29. The van der Waals surface area contributed by atoms with Crippen LogP contribution in [0.5, 0.6) is 0 Å². The van der Waals surface area contributed by atoms with Crippen LogP contribution < -0.4 is 15.8 Å². The summed E-state index contributed by atoms with van der Waals surface area (Å²) in [4.78, 5) is 15.5. The summed E-state index contributed by atoms with van der Waals surface area (Å²) in [5, 5.41) is 12.3. The van der Waals surface area contributed by atoms with Gasteiger partial charge in [0.2, 0.25) is 0 Å². The van der Waals surface area contributed by atoms with E-state index in [1.807, 2.05) is 57.4 Å². The fraction of sp³-hybridized carbons (Fsp3) is 0.273. The van der Waals surface area contributed by atoms with Crippen LogP contribution in [0.3, 0.4) is 0 Å². The first-order chi connectivity index (χ1) is 14.8. The number of nitrogens with zero attached hydrogens (tertiary/aromatic N) is 4. The van der Waals surface area contributed by atoms with Crippen LogP contribution in [-0.2, 0) is 0 Å². The molecule has 0 aliphatic carbocycles. The van der Waals surface area contributed by atoms with Gasteiger partial charge in [-0.1, -0.05) is 6.07 Å². The molecule has 0 spiro atoms. The van der Waals surface area contributed by atoms with E-state index in [1.165, 1.54) is 11.9 Å². The number of aromatic nitrogens is 3. The fourth-order valence-corrected chi connectivity index (χ4v) is 3.64. The molecule has 9 heteroatoms. The molecule has 0 saturated heterocycles. The van der Waals surface area contributed by atoms with E-state index in [0.717, 1.165) is 28.4 Å². The number of rotatable bonds is 9. The third kappa shape index (κ3) is 5.93. The van der Waals surface area contributed by atoms with Gasteiger partial charge >= 0.3 is 0 Å². The normalized spacial score (nSPS) is 10.9. The van der Waals surface area contributed by atoms with Crippen molar-refractivity contribution in [2.75, 3.05) is 43.0 Å². The number of hydrogen-bond acceptors (Lipinski definition) is 9. The van der Waals surface area contributed by atoms with Gasteiger partial charge in [0.15, 0.2) is 5.82 Å². The van der Waals surface area contributed by atoms with Gasteiger partial charge in [-0.05, 0) is 63.8 Å². The Bertz CT molecular complexity index is 1050. The summed E-state index contributed by atoms with van der Waals surface area (Å²) in [5.41, 5.74) is 9.99. The van der Waals surface area contributed by atoms with Crippen LogP contribution in [0.25, 0.3) is 11.4 Å². The zero-order chi connectivity index (χ0) is 22.4. The minimum atomic E-state index is 0.301. The Kier molecular flexibility index (Phi) is 7.43. The van der Waals surface area contributed by atoms with E-state index < -0.39 is 0 Å². The summed E-state index contributed by atoms with van der Waals surface area (Å²) in [5.74, 6) is 1.42. The van der Waals surface area contributed by atoms with E-state index in [9.17, 15) is 0 Å². The van der Waals surface area contributed by atoms with Crippen molar-refractivity contribution < 1.29 is 0 Å². The van der Waals surface area contributed by atoms with Gasteiger partial charge < -0.3 is 26.1 Å². The minimum absolute atomic E-state index is 0.301. The van der Waals surface area contributed by atoms with Crippen molar-refractivity contribution in [3.63, 3.8) is 0 Å². The molecule has 8 nitrogen and oxygen atoms in total. The second kappa shape index (κ2) is 10.2. The lowest BCUT2D eigenvalue weighted by atomic mass is 10.1. The lowest BCUT2D eigenvalue weighted by Gasteiger charge is -2.16. The van der Waals surface area contributed by atoms with Gasteiger partial charge in [-0.3, -0.25) is 0 Å². The Morgan fingerprint density at radius 1 is 1.19 bits per heavy atom. The van der Waals surface area contributed by atoms with Crippen LogP contribution in [0, 0.1) is 12.3 Å². The average molecular weight is 437 g/mol. The van der Waals surface area contributed by atoms with Gasteiger partial charge in [0.05, 0.1) is 5.56 Å². The van der Waals surface area contributed by atoms with Crippen molar-refractivity contribution in [2.45, 2.75) is 18.9 Å². The molecule has 0 aliphatic rings. The average Bonchev–Trinajstić information content (AvgIpc) is 2.72. The van der Waals surface area contributed by atoms with Crippen molar-refractivity contribution in [3.8, 4) is 11.4 Å². The second-order valence-corrected chi connectivity index (χ2v) is 8.24. The van der Waals surface area contributed by atoms with Crippen molar-refractivity contribution in [2.24, 2.45) is 0 Å². The maximum absolute atomic E-state index is 8.07. The van der Waals surface area contributed by atoms with Crippen LogP contribution in [0.4, 0.5) is 17.3 Å². The van der Waals surface area contributed by atoms with Crippen LogP contribution in [-0.4, -0.2) is 52.7 Å². The van der Waals surface area contributed by atoms with E-state index >= 15 is 0 Å². The topological polar surface area (TPSA) is 116 Å². The molecule has 2 aromatic heterocycles. The molecule has 0 atom stereocenters. The molecule has 0 fully saturated rings. The van der Waals surface area contributed by atoms with Gasteiger partial charge in [-0.25, -0.2) is 15.0 Å². The Labute approximate surface area is 187 Å². The number of pyridine rings is 1. The number of anilines is 3. The van der Waals surface area contributed by atoms with Gasteiger partial charge in [0.1, 0.15) is 16.7 Å². The molecule has 31 heavy (non-hydrogen) atoms. The largest absolute Gasteiger partial charge is 0.383 e. The van der Waals surface area contributed by atoms with Gasteiger partial charge in [-0.2, -0.15) is 0 Å². The highest BCUT2D eigenvalue weighted by atomic mass is 32.2. The van der Waals surface area contributed by atoms with E-state index in [-0.39, 0.29) is 0 Å². The third-order valence-electron chi connectivity index (χ3n) is 4.55. The van der Waals surface area contributed by atoms with Crippen LogP contribution >= 0.6 is 11.9 Å². The molecule has 0 aliphatic heterocycles. The van der Waals surface area contributed by atoms with Crippen LogP contribution in [0.2, 0.25) is 0 Å². The Hall–Kier alpha value is -3.17. The standard InChI is InChI=1S/C22H28N8S/c1-14-13-16(8-9-17(14)29-31-18-7-5-6-10-25-18)21-27-20(24)19(15(2)23)22(28-21)26-11-12-30(3)4/h5-10,13,23,29H,11-12H2,1-4H3,(H3,24,26,27,28). The highest BCUT2D eigenvalue weighted by molar-refractivity contribution is 8.00. The SMILES string of the molecule is CC(=N)c1c(N)nc(-c2ccc(NSc3ccccn3)c(C)c2)nc1NCCN(C)C. The molecule has 1 aromatic carbocycles. The minimum Gasteiger partial charge on any atom is -0.383 e. The predicted octanol–water partition coefficient (Wildman–Crippen LogP) is 3.91. The van der Waals surface area contributed by atoms with Crippen molar-refractivity contribution in [1.82, 2.24) is 19.9 Å². The van der Waals surface area contributed by atoms with Crippen LogP contribution in [0.15, 0.2) is 47.6 Å². The molecule has 162 valence electrons. The molecule has 5 N–H and O–H groups in total. The Morgan fingerprint density at radius 2 is 2.00 bits per heavy atom. The summed E-state index contributed by atoms with van der Waals surface area (Å²) in [6.45, 7) is 5.25.